The number of carbonyl (C=O) groups excluding carboxylic acids is 2. The molecule has 0 atom stereocenters. The van der Waals surface area contributed by atoms with Gasteiger partial charge in [0, 0.05) is 12.6 Å². The highest BCUT2D eigenvalue weighted by molar-refractivity contribution is 7.17. The number of unbranched alkanes of at least 4 members (excludes halogenated alkanes) is 2. The predicted octanol–water partition coefficient (Wildman–Crippen LogP) is 4.51. The standard InChI is InChI=1S/C20H24F2N2O4S/c1-4-6-7-10-24(20-23-13(3)18(29-20)19(26)27-5-2)17(25)12-28-16-9-8-14(21)11-15(16)22/h8-9,11H,4-7,10,12H2,1-3H3. The number of halogens is 2. The summed E-state index contributed by atoms with van der Waals surface area (Å²) in [6, 6.07) is 2.87. The Morgan fingerprint density at radius 2 is 1.97 bits per heavy atom. The van der Waals surface area contributed by atoms with Gasteiger partial charge in [0.25, 0.3) is 5.91 Å². The molecule has 9 heteroatoms. The molecule has 0 unspecified atom stereocenters. The van der Waals surface area contributed by atoms with Crippen LogP contribution in [0.25, 0.3) is 0 Å². The van der Waals surface area contributed by atoms with Gasteiger partial charge in [-0.05, 0) is 32.4 Å². The number of benzene rings is 1. The van der Waals surface area contributed by atoms with Crippen LogP contribution in [0, 0.1) is 18.6 Å². The summed E-state index contributed by atoms with van der Waals surface area (Å²) in [6.45, 7) is 5.60. The Balaban J connectivity index is 2.17. The van der Waals surface area contributed by atoms with Gasteiger partial charge < -0.3 is 9.47 Å². The number of aromatic nitrogens is 1. The number of hydrogen-bond acceptors (Lipinski definition) is 6. The third-order valence-electron chi connectivity index (χ3n) is 4.01. The van der Waals surface area contributed by atoms with E-state index in [-0.39, 0.29) is 12.4 Å². The van der Waals surface area contributed by atoms with Crippen LogP contribution < -0.4 is 9.64 Å². The van der Waals surface area contributed by atoms with Crippen LogP contribution in [-0.4, -0.2) is 36.6 Å². The smallest absolute Gasteiger partial charge is 0.350 e. The molecule has 0 fully saturated rings. The van der Waals surface area contributed by atoms with Gasteiger partial charge in [-0.1, -0.05) is 31.1 Å². The van der Waals surface area contributed by atoms with Crippen LogP contribution in [-0.2, 0) is 9.53 Å². The average Bonchev–Trinajstić information content (AvgIpc) is 3.06. The van der Waals surface area contributed by atoms with Crippen LogP contribution >= 0.6 is 11.3 Å². The SMILES string of the molecule is CCCCCN(C(=O)COc1ccc(F)cc1F)c1nc(C)c(C(=O)OCC)s1. The van der Waals surface area contributed by atoms with E-state index in [1.807, 2.05) is 6.92 Å². The van der Waals surface area contributed by atoms with Crippen molar-refractivity contribution in [1.82, 2.24) is 4.98 Å². The second-order valence-electron chi connectivity index (χ2n) is 6.25. The van der Waals surface area contributed by atoms with E-state index in [1.165, 1.54) is 4.90 Å². The molecule has 0 aliphatic heterocycles. The molecule has 0 radical (unpaired) electrons. The number of rotatable bonds is 10. The van der Waals surface area contributed by atoms with Crippen molar-refractivity contribution >= 4 is 28.3 Å². The van der Waals surface area contributed by atoms with Crippen molar-refractivity contribution in [2.45, 2.75) is 40.0 Å². The fourth-order valence-corrected chi connectivity index (χ4v) is 3.54. The Hall–Kier alpha value is -2.55. The highest BCUT2D eigenvalue weighted by atomic mass is 32.1. The summed E-state index contributed by atoms with van der Waals surface area (Å²) in [4.78, 5) is 30.9. The molecule has 0 saturated carbocycles. The predicted molar refractivity (Wildman–Crippen MR) is 107 cm³/mol. The van der Waals surface area contributed by atoms with Crippen LogP contribution in [0.3, 0.4) is 0 Å². The molecule has 1 heterocycles. The van der Waals surface area contributed by atoms with Crippen molar-refractivity contribution < 1.29 is 27.8 Å². The second-order valence-corrected chi connectivity index (χ2v) is 7.22. The number of ether oxygens (including phenoxy) is 2. The molecule has 2 rings (SSSR count). The first-order valence-corrected chi connectivity index (χ1v) is 10.2. The van der Waals surface area contributed by atoms with Gasteiger partial charge in [-0.3, -0.25) is 9.69 Å². The lowest BCUT2D eigenvalue weighted by Gasteiger charge is -2.20. The van der Waals surface area contributed by atoms with Crippen LogP contribution in [0.1, 0.15) is 48.5 Å². The van der Waals surface area contributed by atoms with E-state index in [0.29, 0.717) is 28.3 Å². The Morgan fingerprint density at radius 3 is 2.62 bits per heavy atom. The Morgan fingerprint density at radius 1 is 1.21 bits per heavy atom. The zero-order valence-electron chi connectivity index (χ0n) is 16.7. The van der Waals surface area contributed by atoms with E-state index < -0.39 is 30.1 Å². The largest absolute Gasteiger partial charge is 0.481 e. The Labute approximate surface area is 172 Å². The minimum Gasteiger partial charge on any atom is -0.481 e. The molecule has 1 aromatic heterocycles. The van der Waals surface area contributed by atoms with E-state index in [1.54, 1.807) is 13.8 Å². The minimum absolute atomic E-state index is 0.212. The molecule has 0 aliphatic rings. The first-order valence-electron chi connectivity index (χ1n) is 9.40. The van der Waals surface area contributed by atoms with Crippen LogP contribution in [0.5, 0.6) is 5.75 Å². The summed E-state index contributed by atoms with van der Waals surface area (Å²) in [5.41, 5.74) is 0.474. The Bertz CT molecular complexity index is 857. The Kier molecular flexibility index (Phi) is 8.50. The summed E-state index contributed by atoms with van der Waals surface area (Å²) in [5.74, 6) is -2.75. The van der Waals surface area contributed by atoms with E-state index in [4.69, 9.17) is 9.47 Å². The number of aryl methyl sites for hydroxylation is 1. The lowest BCUT2D eigenvalue weighted by atomic mass is 10.2. The van der Waals surface area contributed by atoms with Crippen LogP contribution in [0.2, 0.25) is 0 Å². The lowest BCUT2D eigenvalue weighted by molar-refractivity contribution is -0.120. The zero-order valence-corrected chi connectivity index (χ0v) is 17.5. The molecule has 0 spiro atoms. The highest BCUT2D eigenvalue weighted by Crippen LogP contribution is 2.28. The maximum atomic E-state index is 13.7. The molecule has 6 nitrogen and oxygen atoms in total. The number of nitrogens with zero attached hydrogens (tertiary/aromatic N) is 2. The van der Waals surface area contributed by atoms with Gasteiger partial charge in [0.2, 0.25) is 0 Å². The fraction of sp³-hybridized carbons (Fsp3) is 0.450. The van der Waals surface area contributed by atoms with Gasteiger partial charge in [0.15, 0.2) is 23.3 Å². The van der Waals surface area contributed by atoms with Gasteiger partial charge in [-0.2, -0.15) is 0 Å². The zero-order chi connectivity index (χ0) is 21.4. The molecule has 1 aromatic carbocycles. The second kappa shape index (κ2) is 10.8. The summed E-state index contributed by atoms with van der Waals surface area (Å²) in [6.07, 6.45) is 2.61. The summed E-state index contributed by atoms with van der Waals surface area (Å²) in [7, 11) is 0. The number of esters is 1. The maximum Gasteiger partial charge on any atom is 0.350 e. The van der Waals surface area contributed by atoms with E-state index in [9.17, 15) is 18.4 Å². The van der Waals surface area contributed by atoms with Crippen molar-refractivity contribution in [3.8, 4) is 5.75 Å². The number of hydrogen-bond donors (Lipinski definition) is 0. The topological polar surface area (TPSA) is 68.7 Å². The van der Waals surface area contributed by atoms with Crippen molar-refractivity contribution in [3.63, 3.8) is 0 Å². The van der Waals surface area contributed by atoms with Crippen LogP contribution in [0.4, 0.5) is 13.9 Å². The summed E-state index contributed by atoms with van der Waals surface area (Å²) >= 11 is 1.07. The molecule has 0 bridgehead atoms. The monoisotopic (exact) mass is 426 g/mol. The van der Waals surface area contributed by atoms with E-state index in [0.717, 1.165) is 42.7 Å². The molecule has 158 valence electrons. The van der Waals surface area contributed by atoms with Gasteiger partial charge >= 0.3 is 5.97 Å². The minimum atomic E-state index is -0.884. The van der Waals surface area contributed by atoms with E-state index >= 15 is 0 Å². The highest BCUT2D eigenvalue weighted by Gasteiger charge is 2.24. The molecule has 0 saturated heterocycles. The third-order valence-corrected chi connectivity index (χ3v) is 5.17. The van der Waals surface area contributed by atoms with Gasteiger partial charge in [-0.15, -0.1) is 0 Å². The molecule has 2 aromatic rings. The van der Waals surface area contributed by atoms with Crippen LogP contribution in [0.15, 0.2) is 18.2 Å². The number of anilines is 1. The molecule has 0 N–H and O–H groups in total. The van der Waals surface area contributed by atoms with Gasteiger partial charge in [0.05, 0.1) is 12.3 Å². The number of amides is 1. The maximum absolute atomic E-state index is 13.7. The molecular formula is C20H24F2N2O4S. The lowest BCUT2D eigenvalue weighted by Crippen LogP contribution is -2.36. The van der Waals surface area contributed by atoms with Gasteiger partial charge in [-0.25, -0.2) is 18.6 Å². The van der Waals surface area contributed by atoms with Crippen molar-refractivity contribution in [1.29, 1.82) is 0 Å². The van der Waals surface area contributed by atoms with Crippen molar-refractivity contribution in [2.24, 2.45) is 0 Å². The quantitative estimate of drug-likeness (QED) is 0.413. The van der Waals surface area contributed by atoms with Gasteiger partial charge in [0.1, 0.15) is 10.7 Å². The first kappa shape index (κ1) is 22.7. The number of carbonyl (C=O) groups is 2. The average molecular weight is 426 g/mol. The first-order chi connectivity index (χ1) is 13.9. The summed E-state index contributed by atoms with van der Waals surface area (Å²) in [5, 5.41) is 0.356. The molecule has 29 heavy (non-hydrogen) atoms. The van der Waals surface area contributed by atoms with Crippen molar-refractivity contribution in [3.05, 3.63) is 40.4 Å². The van der Waals surface area contributed by atoms with E-state index in [2.05, 4.69) is 4.98 Å². The molecular weight excluding hydrogens is 402 g/mol. The molecule has 0 aliphatic carbocycles. The molecule has 1 amide bonds. The fourth-order valence-electron chi connectivity index (χ4n) is 2.54. The summed E-state index contributed by atoms with van der Waals surface area (Å²) < 4.78 is 37.0. The normalized spacial score (nSPS) is 10.7. The third kappa shape index (κ3) is 6.22. The number of thiazole rings is 1. The van der Waals surface area contributed by atoms with Crippen molar-refractivity contribution in [2.75, 3.05) is 24.7 Å².